The van der Waals surface area contributed by atoms with E-state index in [1.165, 1.54) is 0 Å². The molecule has 0 unspecified atom stereocenters. The first-order chi connectivity index (χ1) is 8.49. The van der Waals surface area contributed by atoms with Gasteiger partial charge in [0.1, 0.15) is 0 Å². The van der Waals surface area contributed by atoms with Crippen LogP contribution in [0.3, 0.4) is 0 Å². The minimum atomic E-state index is -3.60. The molecule has 2 N–H and O–H groups in total. The first-order valence-corrected chi connectivity index (χ1v) is 7.59. The molecule has 0 fully saturated rings. The SMILES string of the molecule is Cc1[nH]c(=O)sc1S(=O)(=O)NCCn1cccc1. The molecule has 18 heavy (non-hydrogen) atoms. The molecule has 0 saturated carbocycles. The molecule has 0 aliphatic carbocycles. The highest BCUT2D eigenvalue weighted by atomic mass is 32.2. The summed E-state index contributed by atoms with van der Waals surface area (Å²) in [6.45, 7) is 2.39. The lowest BCUT2D eigenvalue weighted by atomic mass is 10.6. The van der Waals surface area contributed by atoms with Gasteiger partial charge >= 0.3 is 4.87 Å². The number of hydrogen-bond donors (Lipinski definition) is 2. The van der Waals surface area contributed by atoms with Crippen LogP contribution in [0.25, 0.3) is 0 Å². The third kappa shape index (κ3) is 2.89. The smallest absolute Gasteiger partial charge is 0.305 e. The largest absolute Gasteiger partial charge is 0.353 e. The molecule has 0 spiro atoms. The maximum Gasteiger partial charge on any atom is 0.305 e. The van der Waals surface area contributed by atoms with Gasteiger partial charge in [0.15, 0.2) is 4.21 Å². The lowest BCUT2D eigenvalue weighted by molar-refractivity contribution is 0.574. The third-order valence-corrected chi connectivity index (χ3v) is 5.42. The van der Waals surface area contributed by atoms with E-state index in [1.54, 1.807) is 6.92 Å². The monoisotopic (exact) mass is 287 g/mol. The zero-order valence-electron chi connectivity index (χ0n) is 9.71. The van der Waals surface area contributed by atoms with Crippen molar-refractivity contribution < 1.29 is 8.42 Å². The summed E-state index contributed by atoms with van der Waals surface area (Å²) in [5.41, 5.74) is 0.374. The fraction of sp³-hybridized carbons (Fsp3) is 0.300. The van der Waals surface area contributed by atoms with E-state index in [1.807, 2.05) is 29.1 Å². The summed E-state index contributed by atoms with van der Waals surface area (Å²) in [6, 6.07) is 3.74. The van der Waals surface area contributed by atoms with Gasteiger partial charge in [-0.25, -0.2) is 13.1 Å². The second kappa shape index (κ2) is 5.09. The van der Waals surface area contributed by atoms with Crippen molar-refractivity contribution in [2.75, 3.05) is 6.54 Å². The predicted octanol–water partition coefficient (Wildman–Crippen LogP) is 0.525. The van der Waals surface area contributed by atoms with Gasteiger partial charge in [0.25, 0.3) is 10.0 Å². The Labute approximate surface area is 108 Å². The van der Waals surface area contributed by atoms with Crippen LogP contribution in [0.5, 0.6) is 0 Å². The van der Waals surface area contributed by atoms with Crippen molar-refractivity contribution in [3.63, 3.8) is 0 Å². The Morgan fingerprint density at radius 3 is 2.61 bits per heavy atom. The van der Waals surface area contributed by atoms with Crippen LogP contribution < -0.4 is 9.60 Å². The Balaban J connectivity index is 2.04. The van der Waals surface area contributed by atoms with E-state index >= 15 is 0 Å². The molecule has 0 saturated heterocycles. The molecule has 2 heterocycles. The first-order valence-electron chi connectivity index (χ1n) is 5.29. The number of nitrogens with zero attached hydrogens (tertiary/aromatic N) is 1. The van der Waals surface area contributed by atoms with Crippen LogP contribution >= 0.6 is 11.3 Å². The van der Waals surface area contributed by atoms with Crippen LogP contribution in [0.4, 0.5) is 0 Å². The fourth-order valence-electron chi connectivity index (χ4n) is 1.54. The molecule has 0 radical (unpaired) electrons. The van der Waals surface area contributed by atoms with Crippen LogP contribution in [-0.4, -0.2) is 24.5 Å². The molecule has 0 aliphatic heterocycles. The van der Waals surface area contributed by atoms with Crippen molar-refractivity contribution in [1.29, 1.82) is 0 Å². The Kier molecular flexibility index (Phi) is 3.69. The van der Waals surface area contributed by atoms with E-state index in [2.05, 4.69) is 9.71 Å². The number of thiazole rings is 1. The number of hydrogen-bond acceptors (Lipinski definition) is 4. The molecular formula is C10H13N3O3S2. The number of sulfonamides is 1. The topological polar surface area (TPSA) is 84.0 Å². The van der Waals surface area contributed by atoms with Crippen molar-refractivity contribution in [2.24, 2.45) is 0 Å². The van der Waals surface area contributed by atoms with E-state index in [4.69, 9.17) is 0 Å². The Morgan fingerprint density at radius 2 is 2.06 bits per heavy atom. The molecule has 2 rings (SSSR count). The van der Waals surface area contributed by atoms with Crippen LogP contribution in [0.1, 0.15) is 5.69 Å². The van der Waals surface area contributed by atoms with Gasteiger partial charge in [-0.2, -0.15) is 0 Å². The first kappa shape index (κ1) is 13.1. The van der Waals surface area contributed by atoms with Crippen LogP contribution in [0.15, 0.2) is 33.5 Å². The standard InChI is InChI=1S/C10H13N3O3S2/c1-8-9(17-10(14)12-8)18(15,16)11-4-7-13-5-2-3-6-13/h2-3,5-6,11H,4,7H2,1H3,(H,12,14). The van der Waals surface area contributed by atoms with E-state index in [-0.39, 0.29) is 15.6 Å². The summed E-state index contributed by atoms with van der Waals surface area (Å²) in [7, 11) is -3.60. The summed E-state index contributed by atoms with van der Waals surface area (Å²) >= 11 is 0.701. The van der Waals surface area contributed by atoms with Gasteiger partial charge in [0.05, 0.1) is 0 Å². The van der Waals surface area contributed by atoms with E-state index in [0.717, 1.165) is 0 Å². The molecule has 0 bridgehead atoms. The summed E-state index contributed by atoms with van der Waals surface area (Å²) in [6.07, 6.45) is 3.71. The number of aromatic nitrogens is 2. The van der Waals surface area contributed by atoms with Gasteiger partial charge in [-0.15, -0.1) is 0 Å². The quantitative estimate of drug-likeness (QED) is 0.841. The second-order valence-electron chi connectivity index (χ2n) is 3.75. The number of aryl methyl sites for hydroxylation is 1. The summed E-state index contributed by atoms with van der Waals surface area (Å²) in [5, 5.41) is 0. The van der Waals surface area contributed by atoms with Gasteiger partial charge < -0.3 is 9.55 Å². The van der Waals surface area contributed by atoms with Gasteiger partial charge in [0.2, 0.25) is 0 Å². The highest BCUT2D eigenvalue weighted by Crippen LogP contribution is 2.14. The molecule has 98 valence electrons. The number of nitrogens with one attached hydrogen (secondary N) is 2. The average Bonchev–Trinajstić information content (AvgIpc) is 2.88. The number of aromatic amines is 1. The lowest BCUT2D eigenvalue weighted by Gasteiger charge is -2.06. The van der Waals surface area contributed by atoms with E-state index in [9.17, 15) is 13.2 Å². The molecule has 2 aromatic heterocycles. The van der Waals surface area contributed by atoms with Crippen molar-refractivity contribution in [3.05, 3.63) is 39.9 Å². The Hall–Kier alpha value is -1.38. The number of H-pyrrole nitrogens is 1. The minimum Gasteiger partial charge on any atom is -0.353 e. The van der Waals surface area contributed by atoms with Crippen molar-refractivity contribution in [1.82, 2.24) is 14.3 Å². The van der Waals surface area contributed by atoms with Gasteiger partial charge in [-0.05, 0) is 19.1 Å². The molecule has 6 nitrogen and oxygen atoms in total. The molecule has 0 aliphatic rings. The molecule has 2 aromatic rings. The second-order valence-corrected chi connectivity index (χ2v) is 6.69. The third-order valence-electron chi connectivity index (χ3n) is 2.35. The summed E-state index contributed by atoms with van der Waals surface area (Å²) < 4.78 is 28.2. The van der Waals surface area contributed by atoms with Crippen LogP contribution in [0.2, 0.25) is 0 Å². The molecule has 8 heteroatoms. The number of rotatable bonds is 5. The zero-order valence-corrected chi connectivity index (χ0v) is 11.3. The van der Waals surface area contributed by atoms with Crippen molar-refractivity contribution in [3.8, 4) is 0 Å². The summed E-state index contributed by atoms with van der Waals surface area (Å²) in [4.78, 5) is 13.2. The minimum absolute atomic E-state index is 0.0556. The van der Waals surface area contributed by atoms with Crippen LogP contribution in [-0.2, 0) is 16.6 Å². The maximum atomic E-state index is 11.9. The maximum absolute atomic E-state index is 11.9. The Bertz CT molecular complexity index is 668. The molecular weight excluding hydrogens is 274 g/mol. The van der Waals surface area contributed by atoms with Gasteiger partial charge in [-0.1, -0.05) is 11.3 Å². The van der Waals surface area contributed by atoms with E-state index < -0.39 is 10.0 Å². The normalized spacial score (nSPS) is 11.8. The fourth-order valence-corrected chi connectivity index (χ4v) is 3.91. The zero-order chi connectivity index (χ0) is 13.2. The molecule has 0 aromatic carbocycles. The van der Waals surface area contributed by atoms with Gasteiger partial charge in [0, 0.05) is 31.2 Å². The van der Waals surface area contributed by atoms with Crippen molar-refractivity contribution in [2.45, 2.75) is 17.7 Å². The van der Waals surface area contributed by atoms with Crippen LogP contribution in [0, 0.1) is 6.92 Å². The highest BCUT2D eigenvalue weighted by Gasteiger charge is 2.19. The molecule has 0 amide bonds. The predicted molar refractivity (Wildman–Crippen MR) is 69.3 cm³/mol. The van der Waals surface area contributed by atoms with Gasteiger partial charge in [-0.3, -0.25) is 4.79 Å². The Morgan fingerprint density at radius 1 is 1.39 bits per heavy atom. The highest BCUT2D eigenvalue weighted by molar-refractivity contribution is 7.91. The van der Waals surface area contributed by atoms with Crippen molar-refractivity contribution >= 4 is 21.4 Å². The lowest BCUT2D eigenvalue weighted by Crippen LogP contribution is -2.27. The molecule has 0 atom stereocenters. The average molecular weight is 287 g/mol. The van der Waals surface area contributed by atoms with E-state index in [0.29, 0.717) is 23.6 Å². The summed E-state index contributed by atoms with van der Waals surface area (Å²) in [5.74, 6) is 0.